The normalized spacial score (nSPS) is 11.1. The second kappa shape index (κ2) is 17.3. The Kier molecular flexibility index (Phi) is 13.1. The summed E-state index contributed by atoms with van der Waals surface area (Å²) in [5.74, 6) is 1.20. The fraction of sp³-hybridized carbons (Fsp3) is 0.353. The fourth-order valence-electron chi connectivity index (χ4n) is 4.25. The van der Waals surface area contributed by atoms with Crippen LogP contribution in [0.3, 0.4) is 0 Å². The van der Waals surface area contributed by atoms with E-state index in [-0.39, 0.29) is 0 Å². The number of carbonyl (C=O) groups is 1. The topological polar surface area (TPSA) is 121 Å². The van der Waals surface area contributed by atoms with E-state index in [0.717, 1.165) is 54.7 Å². The van der Waals surface area contributed by atoms with Crippen LogP contribution >= 0.6 is 0 Å². The number of esters is 1. The first-order chi connectivity index (χ1) is 20.0. The first-order valence-corrected chi connectivity index (χ1v) is 14.4. The summed E-state index contributed by atoms with van der Waals surface area (Å²) in [7, 11) is 0. The molecule has 0 aromatic heterocycles. The first-order valence-electron chi connectivity index (χ1n) is 14.4. The second-order valence-corrected chi connectivity index (χ2v) is 9.96. The van der Waals surface area contributed by atoms with Gasteiger partial charge >= 0.3 is 5.97 Å². The molecular weight excluding hydrogens is 514 g/mol. The van der Waals surface area contributed by atoms with Crippen molar-refractivity contribution in [2.45, 2.75) is 58.3 Å². The molecule has 3 aromatic rings. The maximum absolute atomic E-state index is 12.1. The summed E-state index contributed by atoms with van der Waals surface area (Å²) in [5, 5.41) is 9.70. The van der Waals surface area contributed by atoms with Crippen LogP contribution in [0.2, 0.25) is 0 Å². The third-order valence-corrected chi connectivity index (χ3v) is 6.50. The van der Waals surface area contributed by atoms with Gasteiger partial charge in [-0.05, 0) is 104 Å². The molecule has 0 radical (unpaired) electrons. The van der Waals surface area contributed by atoms with Crippen LogP contribution in [0.4, 0.5) is 11.4 Å². The van der Waals surface area contributed by atoms with E-state index in [0.29, 0.717) is 42.3 Å². The summed E-state index contributed by atoms with van der Waals surface area (Å²) >= 11 is 0. The van der Waals surface area contributed by atoms with Crippen molar-refractivity contribution in [3.05, 3.63) is 83.4 Å². The smallest absolute Gasteiger partial charge is 0.338 e. The standard InChI is InChI=1S/C34H41N3O4/c1-2-3-4-7-18-40-33-16-12-27(13-17-33)29(25-35)21-26-10-14-32(15-11-26)39-19-8-5-6-9-20-41-34(38)28-22-30(36)24-31(37)23-28/h10-17,21-24H,2-9,18-20,36-37H2,1H3. The Hall–Kier alpha value is -4.44. The van der Waals surface area contributed by atoms with Gasteiger partial charge in [0.2, 0.25) is 0 Å². The third kappa shape index (κ3) is 11.3. The van der Waals surface area contributed by atoms with Crippen LogP contribution in [0.15, 0.2) is 66.7 Å². The van der Waals surface area contributed by atoms with E-state index in [1.54, 1.807) is 18.2 Å². The Morgan fingerprint density at radius 3 is 1.83 bits per heavy atom. The molecule has 0 spiro atoms. The maximum atomic E-state index is 12.1. The zero-order valence-corrected chi connectivity index (χ0v) is 23.9. The summed E-state index contributed by atoms with van der Waals surface area (Å²) in [4.78, 5) is 12.1. The minimum absolute atomic E-state index is 0.352. The van der Waals surface area contributed by atoms with E-state index in [2.05, 4.69) is 13.0 Å². The number of rotatable bonds is 17. The van der Waals surface area contributed by atoms with Gasteiger partial charge in [0.25, 0.3) is 0 Å². The van der Waals surface area contributed by atoms with Crippen LogP contribution < -0.4 is 20.9 Å². The summed E-state index contributed by atoms with van der Waals surface area (Å²) in [6.07, 6.45) is 10.1. The van der Waals surface area contributed by atoms with Crippen molar-refractivity contribution in [3.8, 4) is 17.6 Å². The van der Waals surface area contributed by atoms with E-state index in [4.69, 9.17) is 25.7 Å². The molecule has 3 rings (SSSR count). The summed E-state index contributed by atoms with van der Waals surface area (Å²) < 4.78 is 17.0. The van der Waals surface area contributed by atoms with Gasteiger partial charge in [0.1, 0.15) is 11.5 Å². The van der Waals surface area contributed by atoms with Crippen molar-refractivity contribution < 1.29 is 19.0 Å². The average molecular weight is 556 g/mol. The van der Waals surface area contributed by atoms with Crippen LogP contribution in [-0.4, -0.2) is 25.8 Å². The molecule has 0 aliphatic heterocycles. The number of nitrogens with two attached hydrogens (primary N) is 2. The lowest BCUT2D eigenvalue weighted by Gasteiger charge is -2.08. The second-order valence-electron chi connectivity index (χ2n) is 9.96. The SMILES string of the molecule is CCCCCCOc1ccc(C(C#N)=Cc2ccc(OCCCCCCOC(=O)c3cc(N)cc(N)c3)cc2)cc1. The van der Waals surface area contributed by atoms with Crippen molar-refractivity contribution in [2.24, 2.45) is 0 Å². The van der Waals surface area contributed by atoms with Gasteiger partial charge in [-0.2, -0.15) is 5.26 Å². The van der Waals surface area contributed by atoms with Gasteiger partial charge in [0, 0.05) is 11.4 Å². The molecule has 4 N–H and O–H groups in total. The molecular formula is C34H41N3O4. The molecule has 0 aliphatic rings. The minimum Gasteiger partial charge on any atom is -0.494 e. The van der Waals surface area contributed by atoms with Crippen LogP contribution in [0.5, 0.6) is 11.5 Å². The molecule has 0 amide bonds. The van der Waals surface area contributed by atoms with E-state index >= 15 is 0 Å². The molecule has 7 nitrogen and oxygen atoms in total. The molecule has 216 valence electrons. The molecule has 0 heterocycles. The van der Waals surface area contributed by atoms with Crippen molar-refractivity contribution in [1.29, 1.82) is 5.26 Å². The van der Waals surface area contributed by atoms with E-state index in [1.165, 1.54) is 19.3 Å². The number of benzene rings is 3. The predicted octanol–water partition coefficient (Wildman–Crippen LogP) is 7.67. The summed E-state index contributed by atoms with van der Waals surface area (Å²) in [6, 6.07) is 22.4. The molecule has 0 unspecified atom stereocenters. The molecule has 0 fully saturated rings. The van der Waals surface area contributed by atoms with Crippen molar-refractivity contribution in [1.82, 2.24) is 0 Å². The van der Waals surface area contributed by atoms with Gasteiger partial charge in [0.15, 0.2) is 0 Å². The Labute approximate surface area is 243 Å². The monoisotopic (exact) mass is 555 g/mol. The van der Waals surface area contributed by atoms with Gasteiger partial charge in [-0.25, -0.2) is 4.79 Å². The van der Waals surface area contributed by atoms with Gasteiger partial charge in [-0.3, -0.25) is 0 Å². The van der Waals surface area contributed by atoms with E-state index in [1.807, 2.05) is 54.6 Å². The Morgan fingerprint density at radius 2 is 1.27 bits per heavy atom. The summed E-state index contributed by atoms with van der Waals surface area (Å²) in [5.41, 5.74) is 15.1. The largest absolute Gasteiger partial charge is 0.494 e. The number of ether oxygens (including phenoxy) is 3. The highest BCUT2D eigenvalue weighted by atomic mass is 16.5. The maximum Gasteiger partial charge on any atom is 0.338 e. The highest BCUT2D eigenvalue weighted by molar-refractivity contribution is 5.92. The quantitative estimate of drug-likeness (QED) is 0.0576. The molecule has 0 aliphatic carbocycles. The van der Waals surface area contributed by atoms with Gasteiger partial charge < -0.3 is 25.7 Å². The number of nitrogens with zero attached hydrogens (tertiary/aromatic N) is 1. The van der Waals surface area contributed by atoms with Crippen LogP contribution in [-0.2, 0) is 4.74 Å². The van der Waals surface area contributed by atoms with Crippen LogP contribution in [0.1, 0.15) is 79.8 Å². The number of carbonyl (C=O) groups excluding carboxylic acids is 1. The molecule has 0 saturated heterocycles. The average Bonchev–Trinajstić information content (AvgIpc) is 2.97. The zero-order valence-electron chi connectivity index (χ0n) is 23.9. The van der Waals surface area contributed by atoms with Crippen molar-refractivity contribution >= 4 is 29.0 Å². The van der Waals surface area contributed by atoms with E-state index in [9.17, 15) is 10.1 Å². The van der Waals surface area contributed by atoms with Gasteiger partial charge in [-0.15, -0.1) is 0 Å². The predicted molar refractivity (Wildman–Crippen MR) is 166 cm³/mol. The lowest BCUT2D eigenvalue weighted by atomic mass is 10.0. The van der Waals surface area contributed by atoms with Crippen molar-refractivity contribution in [2.75, 3.05) is 31.3 Å². The zero-order chi connectivity index (χ0) is 29.3. The molecule has 3 aromatic carbocycles. The number of anilines is 2. The molecule has 0 atom stereocenters. The minimum atomic E-state index is -0.413. The molecule has 0 saturated carbocycles. The summed E-state index contributed by atoms with van der Waals surface area (Å²) in [6.45, 7) is 3.87. The highest BCUT2D eigenvalue weighted by Crippen LogP contribution is 2.23. The molecule has 0 bridgehead atoms. The number of hydrogen-bond donors (Lipinski definition) is 2. The lowest BCUT2D eigenvalue weighted by Crippen LogP contribution is -2.08. The Bertz CT molecular complexity index is 1270. The van der Waals surface area contributed by atoms with Crippen LogP contribution in [0.25, 0.3) is 11.6 Å². The first kappa shape index (κ1) is 31.1. The number of unbranched alkanes of at least 4 members (excludes halogenated alkanes) is 6. The fourth-order valence-corrected chi connectivity index (χ4v) is 4.25. The van der Waals surface area contributed by atoms with Gasteiger partial charge in [0.05, 0.1) is 37.0 Å². The Balaban J connectivity index is 1.34. The van der Waals surface area contributed by atoms with Gasteiger partial charge in [-0.1, -0.05) is 38.3 Å². The number of nitrogen functional groups attached to an aromatic ring is 2. The number of allylic oxidation sites excluding steroid dienone is 1. The van der Waals surface area contributed by atoms with Crippen LogP contribution in [0, 0.1) is 11.3 Å². The third-order valence-electron chi connectivity index (χ3n) is 6.50. The highest BCUT2D eigenvalue weighted by Gasteiger charge is 2.08. The van der Waals surface area contributed by atoms with E-state index < -0.39 is 5.97 Å². The lowest BCUT2D eigenvalue weighted by molar-refractivity contribution is 0.0497. The number of nitriles is 1. The number of hydrogen-bond acceptors (Lipinski definition) is 7. The molecule has 7 heteroatoms. The molecule has 41 heavy (non-hydrogen) atoms. The Morgan fingerprint density at radius 1 is 0.732 bits per heavy atom. The van der Waals surface area contributed by atoms with Crippen molar-refractivity contribution in [3.63, 3.8) is 0 Å².